The predicted molar refractivity (Wildman–Crippen MR) is 285 cm³/mol. The lowest BCUT2D eigenvalue weighted by Crippen LogP contribution is -2.56. The quantitative estimate of drug-likeness (QED) is 0.0760. The number of nitrogens with zero attached hydrogens (tertiary/aromatic N) is 5. The molecule has 0 radical (unpaired) electrons. The Bertz CT molecular complexity index is 2720. The Balaban J connectivity index is 1.08. The zero-order valence-electron chi connectivity index (χ0n) is 45.0. The molecule has 8 rings (SSSR count). The van der Waals surface area contributed by atoms with E-state index in [1.54, 1.807) is 38.0 Å². The van der Waals surface area contributed by atoms with Gasteiger partial charge in [-0.2, -0.15) is 0 Å². The number of aromatic nitrogens is 2. The number of methoxy groups -OCH3 is 5. The number of nitrogens with one attached hydrogen (secondary N) is 4. The molecule has 4 aromatic rings. The molecule has 412 valence electrons. The molecule has 3 aromatic carbocycles. The van der Waals surface area contributed by atoms with Gasteiger partial charge in [-0.25, -0.2) is 23.4 Å². The lowest BCUT2D eigenvalue weighted by molar-refractivity contribution is -0.141. The molecular weight excluding hydrogens is 1000 g/mol. The zero-order valence-corrected chi connectivity index (χ0v) is 46.0. The summed E-state index contributed by atoms with van der Waals surface area (Å²) in [5, 5.41) is 8.18. The Labute approximate surface area is 443 Å². The molecule has 0 bridgehead atoms. The molecule has 0 aliphatic carbocycles. The van der Waals surface area contributed by atoms with E-state index in [9.17, 15) is 24.0 Å². The van der Waals surface area contributed by atoms with Gasteiger partial charge in [0, 0.05) is 64.8 Å². The van der Waals surface area contributed by atoms with Crippen LogP contribution in [-0.2, 0) is 38.1 Å². The zero-order chi connectivity index (χ0) is 54.6. The fraction of sp³-hybridized carbons (Fsp3) is 0.556. The number of imidazole rings is 1. The summed E-state index contributed by atoms with van der Waals surface area (Å²) in [7, 11) is 5.45. The predicted octanol–water partition coefficient (Wildman–Crippen LogP) is 7.44. The van der Waals surface area contributed by atoms with Crippen molar-refractivity contribution in [2.75, 3.05) is 83.5 Å². The summed E-state index contributed by atoms with van der Waals surface area (Å²) < 4.78 is 59.1. The van der Waals surface area contributed by atoms with E-state index < -0.39 is 80.1 Å². The van der Waals surface area contributed by atoms with Crippen LogP contribution in [0.2, 0.25) is 25.2 Å². The van der Waals surface area contributed by atoms with E-state index in [4.69, 9.17) is 28.7 Å². The molecule has 76 heavy (non-hydrogen) atoms. The Morgan fingerprint density at radius 2 is 1.33 bits per heavy atom. The lowest BCUT2D eigenvalue weighted by Gasteiger charge is -2.38. The van der Waals surface area contributed by atoms with Crippen molar-refractivity contribution in [3.63, 3.8) is 0 Å². The highest BCUT2D eigenvalue weighted by molar-refractivity contribution is 6.77. The van der Waals surface area contributed by atoms with Crippen molar-refractivity contribution in [1.82, 2.24) is 30.4 Å². The number of ether oxygens (including phenoxy) is 5. The van der Waals surface area contributed by atoms with Gasteiger partial charge in [0.15, 0.2) is 11.6 Å². The van der Waals surface area contributed by atoms with Gasteiger partial charge in [-0.1, -0.05) is 31.3 Å². The minimum Gasteiger partial charge on any atom is -0.453 e. The number of carbonyl (C=O) groups is 5. The largest absolute Gasteiger partial charge is 0.453 e. The number of carbonyl (C=O) groups excluding carboxylic acids is 5. The van der Waals surface area contributed by atoms with Crippen LogP contribution >= 0.6 is 0 Å². The van der Waals surface area contributed by atoms with E-state index >= 15 is 8.78 Å². The topological polar surface area (TPSA) is 209 Å². The highest BCUT2D eigenvalue weighted by atomic mass is 28.3. The number of rotatable bonds is 17. The lowest BCUT2D eigenvalue weighted by atomic mass is 10.0. The van der Waals surface area contributed by atoms with Gasteiger partial charge in [0.25, 0.3) is 0 Å². The van der Waals surface area contributed by atoms with E-state index in [2.05, 4.69) is 38.9 Å². The number of alkyl carbamates (subject to hydrolysis) is 2. The molecule has 4 N–H and O–H groups in total. The van der Waals surface area contributed by atoms with Gasteiger partial charge < -0.3 is 64.2 Å². The molecule has 19 nitrogen and oxygen atoms in total. The summed E-state index contributed by atoms with van der Waals surface area (Å²) in [6, 6.07) is 14.0. The summed E-state index contributed by atoms with van der Waals surface area (Å²) in [5.74, 6) is -2.02. The van der Waals surface area contributed by atoms with Crippen molar-refractivity contribution in [1.29, 1.82) is 0 Å². The van der Waals surface area contributed by atoms with Gasteiger partial charge in [-0.05, 0) is 106 Å². The average molecular weight is 1070 g/mol. The third-order valence-corrected chi connectivity index (χ3v) is 19.1. The van der Waals surface area contributed by atoms with Crippen LogP contribution < -0.4 is 25.8 Å². The molecule has 4 fully saturated rings. The maximum Gasteiger partial charge on any atom is 0.407 e. The number of hydrogen-bond donors (Lipinski definition) is 4. The molecule has 0 spiro atoms. The first-order valence-corrected chi connectivity index (χ1v) is 29.6. The number of hydrogen-bond acceptors (Lipinski definition) is 13. The number of benzene rings is 3. The fourth-order valence-electron chi connectivity index (χ4n) is 11.4. The second-order valence-corrected chi connectivity index (χ2v) is 26.6. The highest BCUT2D eigenvalue weighted by Crippen LogP contribution is 2.49. The number of halogens is 2. The van der Waals surface area contributed by atoms with Crippen molar-refractivity contribution in [2.24, 2.45) is 5.92 Å². The summed E-state index contributed by atoms with van der Waals surface area (Å²) in [6.07, 6.45) is 0.0335. The summed E-state index contributed by atoms with van der Waals surface area (Å²) in [6.45, 7) is 10.2. The summed E-state index contributed by atoms with van der Waals surface area (Å²) in [5.41, 5.74) is 4.03. The SMILES string of the molecule is COC[C@H]1C[C@@H](C(=O)Nc2ccc([C@H]3CC[C@H](c4ccc5nc([C@@H]6CCCN6C(=O)[C@@H](NC(=O)OC)[C@@H](C)OC)[nH]c5c4)N3c3cc(F)c(N4CC[Si](C)(C)CC4)c(F)c3)cc2)N(C(=O)[C@@H](NC(=O)OC)[C@@H](C)OC)C1. The molecule has 4 aliphatic heterocycles. The first-order valence-electron chi connectivity index (χ1n) is 26.2. The van der Waals surface area contributed by atoms with Crippen molar-refractivity contribution < 1.29 is 56.4 Å². The molecule has 0 saturated carbocycles. The standard InChI is InChI=1S/C54H73F2N9O10Si/c1-31(72-4)46(60-53(69)74-6)51(67)63-20-10-11-44(63)49-58-40-17-14-35(26-41(40)59-49)43-19-18-42(65(43)37-27-38(55)48(39(56)28-37)62-21-23-76(8,9)24-22-62)34-12-15-36(16-13-34)57-50(66)45-25-33(30-71-3)29-64(45)52(68)47(32(2)73-5)61-54(70)75-7/h12-17,26-28,31-33,42-47H,10-11,18-25,29-30H2,1-9H3,(H,57,66)(H,58,59)(H,60,69)(H,61,70)/t31-,32-,33+,42-,43-,44+,45+,46+,47+/m1/s1. The number of aromatic amines is 1. The molecule has 1 aromatic heterocycles. The molecule has 5 amide bonds. The molecule has 9 atom stereocenters. The maximum atomic E-state index is 16.6. The van der Waals surface area contributed by atoms with Crippen molar-refractivity contribution in [3.8, 4) is 0 Å². The second kappa shape index (κ2) is 23.9. The van der Waals surface area contributed by atoms with Crippen LogP contribution in [0.4, 0.5) is 35.4 Å². The van der Waals surface area contributed by atoms with Crippen LogP contribution in [0, 0.1) is 17.6 Å². The van der Waals surface area contributed by atoms with Gasteiger partial charge in [-0.15, -0.1) is 0 Å². The Kier molecular flexibility index (Phi) is 17.6. The molecule has 22 heteroatoms. The molecular formula is C54H73F2N9O10Si. The number of fused-ring (bicyclic) bond motifs is 1. The summed E-state index contributed by atoms with van der Waals surface area (Å²) in [4.78, 5) is 82.3. The highest BCUT2D eigenvalue weighted by Gasteiger charge is 2.45. The smallest absolute Gasteiger partial charge is 0.407 e. The number of H-pyrrole nitrogens is 1. The third-order valence-electron chi connectivity index (χ3n) is 15.9. The monoisotopic (exact) mass is 1070 g/mol. The molecule has 5 heterocycles. The van der Waals surface area contributed by atoms with Crippen LogP contribution in [-0.4, -0.2) is 156 Å². The van der Waals surface area contributed by atoms with Gasteiger partial charge in [-0.3, -0.25) is 14.4 Å². The maximum absolute atomic E-state index is 16.6. The first kappa shape index (κ1) is 55.9. The van der Waals surface area contributed by atoms with Gasteiger partial charge in [0.2, 0.25) is 17.7 Å². The van der Waals surface area contributed by atoms with Crippen LogP contribution in [0.5, 0.6) is 0 Å². The third kappa shape index (κ3) is 11.9. The van der Waals surface area contributed by atoms with E-state index in [-0.39, 0.29) is 36.1 Å². The van der Waals surface area contributed by atoms with Crippen molar-refractivity contribution in [3.05, 3.63) is 83.2 Å². The van der Waals surface area contributed by atoms with E-state index in [1.165, 1.54) is 45.5 Å². The Hall–Kier alpha value is -6.36. The van der Waals surface area contributed by atoms with E-state index in [1.807, 2.05) is 35.2 Å². The first-order chi connectivity index (χ1) is 36.4. The van der Waals surface area contributed by atoms with Crippen LogP contribution in [0.15, 0.2) is 54.6 Å². The van der Waals surface area contributed by atoms with Gasteiger partial charge >= 0.3 is 12.2 Å². The summed E-state index contributed by atoms with van der Waals surface area (Å²) >= 11 is 0. The molecule has 0 unspecified atom stereocenters. The average Bonchev–Trinajstić information content (AvgIpc) is 4.27. The normalized spacial score (nSPS) is 23.0. The van der Waals surface area contributed by atoms with Crippen LogP contribution in [0.3, 0.4) is 0 Å². The van der Waals surface area contributed by atoms with E-state index in [0.717, 1.165) is 35.2 Å². The van der Waals surface area contributed by atoms with E-state index in [0.29, 0.717) is 74.6 Å². The second-order valence-electron chi connectivity index (χ2n) is 21.3. The molecule has 4 aliphatic rings. The minimum atomic E-state index is -1.43. The van der Waals surface area contributed by atoms with Gasteiger partial charge in [0.05, 0.1) is 70.3 Å². The Morgan fingerprint density at radius 3 is 1.91 bits per heavy atom. The minimum absolute atomic E-state index is 0.00455. The van der Waals surface area contributed by atoms with Crippen molar-refractivity contribution in [2.45, 2.75) is 120 Å². The number of anilines is 3. The van der Waals surface area contributed by atoms with Crippen LogP contribution in [0.25, 0.3) is 11.0 Å². The molecule has 4 saturated heterocycles. The van der Waals surface area contributed by atoms with Crippen LogP contribution in [0.1, 0.15) is 81.0 Å². The fourth-order valence-corrected chi connectivity index (χ4v) is 13.4. The Morgan fingerprint density at radius 1 is 0.750 bits per heavy atom. The number of likely N-dealkylation sites (tertiary alicyclic amines) is 2. The van der Waals surface area contributed by atoms with Crippen molar-refractivity contribution >= 4 is 66.1 Å². The van der Waals surface area contributed by atoms with Gasteiger partial charge in [0.1, 0.15) is 29.6 Å². The number of amides is 5.